The monoisotopic (exact) mass is 488 g/mol. The Morgan fingerprint density at radius 1 is 0.923 bits per heavy atom. The molecule has 1 nitrogen and oxygen atoms in total. The van der Waals surface area contributed by atoms with E-state index in [2.05, 4.69) is 73.4 Å². The first kappa shape index (κ1) is 26.5. The van der Waals surface area contributed by atoms with E-state index in [0.29, 0.717) is 0 Å². The summed E-state index contributed by atoms with van der Waals surface area (Å²) in [6.45, 7) is 21.9. The molecule has 0 unspecified atom stereocenters. The zero-order valence-electron chi connectivity index (χ0n) is 19.6. The molecule has 0 spiro atoms. The second-order valence-corrected chi connectivity index (χ2v) is 27.7. The van der Waals surface area contributed by atoms with Gasteiger partial charge in [0.1, 0.15) is 0 Å². The van der Waals surface area contributed by atoms with Gasteiger partial charge in [-0.15, -0.1) is 0 Å². The molecule has 0 aromatic heterocycles. The molecule has 0 saturated carbocycles. The molecule has 0 rings (SSSR count). The molecule has 0 aromatic carbocycles. The fraction of sp³-hybridized carbons (Fsp3) is 0.870. The van der Waals surface area contributed by atoms with E-state index in [0.717, 1.165) is 6.61 Å². The van der Waals surface area contributed by atoms with Crippen LogP contribution in [0.4, 0.5) is 0 Å². The zero-order chi connectivity index (χ0) is 20.3. The Labute approximate surface area is 171 Å². The summed E-state index contributed by atoms with van der Waals surface area (Å²) in [5.41, 5.74) is 3.76. The van der Waals surface area contributed by atoms with E-state index in [9.17, 15) is 0 Å². The summed E-state index contributed by atoms with van der Waals surface area (Å²) in [5, 5.41) is 0.280. The van der Waals surface area contributed by atoms with Gasteiger partial charge in [-0.1, -0.05) is 0 Å². The molecule has 0 fully saturated rings. The Morgan fingerprint density at radius 3 is 1.65 bits per heavy atom. The molecule has 0 bridgehead atoms. The van der Waals surface area contributed by atoms with Crippen LogP contribution in [0.2, 0.25) is 31.4 Å². The van der Waals surface area contributed by atoms with Crippen LogP contribution in [0, 0.1) is 0 Å². The SMILES string of the molecule is CC=C=[C](CO[Si](C)(C)C(C)(C)C)[Sn]([CH2]CCC)([CH2]CCC)[CH2]CCC. The maximum atomic E-state index is 6.73. The van der Waals surface area contributed by atoms with Gasteiger partial charge in [0.15, 0.2) is 0 Å². The quantitative estimate of drug-likeness (QED) is 0.187. The Balaban J connectivity index is 5.71. The Bertz CT molecular complexity index is 420. The molecule has 3 heteroatoms. The second kappa shape index (κ2) is 12.9. The van der Waals surface area contributed by atoms with Crippen molar-refractivity contribution in [3.8, 4) is 0 Å². The molecular formula is C23H48OSiSn. The summed E-state index contributed by atoms with van der Waals surface area (Å²) in [4.78, 5) is 0. The van der Waals surface area contributed by atoms with Gasteiger partial charge in [-0.3, -0.25) is 0 Å². The van der Waals surface area contributed by atoms with Gasteiger partial charge in [-0.2, -0.15) is 0 Å². The molecule has 0 N–H and O–H groups in total. The van der Waals surface area contributed by atoms with Crippen molar-refractivity contribution in [1.29, 1.82) is 0 Å². The average molecular weight is 487 g/mol. The molecule has 0 atom stereocenters. The summed E-state index contributed by atoms with van der Waals surface area (Å²) in [6, 6.07) is 0. The van der Waals surface area contributed by atoms with E-state index >= 15 is 0 Å². The fourth-order valence-electron chi connectivity index (χ4n) is 3.36. The van der Waals surface area contributed by atoms with Crippen LogP contribution in [0.1, 0.15) is 87.0 Å². The van der Waals surface area contributed by atoms with Gasteiger partial charge in [0.25, 0.3) is 0 Å². The summed E-state index contributed by atoms with van der Waals surface area (Å²) in [7, 11) is -1.71. The van der Waals surface area contributed by atoms with Gasteiger partial charge in [-0.05, 0) is 0 Å². The van der Waals surface area contributed by atoms with Crippen LogP contribution in [0.5, 0.6) is 0 Å². The van der Waals surface area contributed by atoms with Crippen molar-refractivity contribution in [2.24, 2.45) is 0 Å². The molecular weight excluding hydrogens is 439 g/mol. The van der Waals surface area contributed by atoms with Crippen LogP contribution < -0.4 is 0 Å². The third-order valence-electron chi connectivity index (χ3n) is 6.37. The van der Waals surface area contributed by atoms with Crippen molar-refractivity contribution in [2.75, 3.05) is 6.61 Å². The molecule has 0 radical (unpaired) electrons. The predicted molar refractivity (Wildman–Crippen MR) is 125 cm³/mol. The first-order valence-corrected chi connectivity index (χ1v) is 21.5. The van der Waals surface area contributed by atoms with E-state index in [1.807, 2.05) is 0 Å². The zero-order valence-corrected chi connectivity index (χ0v) is 23.4. The molecule has 0 aliphatic heterocycles. The van der Waals surface area contributed by atoms with Crippen LogP contribution in [0.3, 0.4) is 0 Å². The Hall–Kier alpha value is 0.496. The predicted octanol–water partition coefficient (Wildman–Crippen LogP) is 8.50. The van der Waals surface area contributed by atoms with Gasteiger partial charge in [-0.25, -0.2) is 0 Å². The van der Waals surface area contributed by atoms with E-state index in [4.69, 9.17) is 4.43 Å². The summed E-state index contributed by atoms with van der Waals surface area (Å²) in [5.74, 6) is 0. The topological polar surface area (TPSA) is 9.23 Å². The molecule has 0 heterocycles. The normalized spacial score (nSPS) is 12.8. The van der Waals surface area contributed by atoms with Crippen molar-refractivity contribution in [3.05, 3.63) is 15.4 Å². The average Bonchev–Trinajstić information content (AvgIpc) is 2.57. The number of unbranched alkanes of at least 4 members (excludes halogenated alkanes) is 3. The molecule has 154 valence electrons. The van der Waals surface area contributed by atoms with Crippen molar-refractivity contribution in [3.63, 3.8) is 0 Å². The second-order valence-electron chi connectivity index (χ2n) is 9.55. The van der Waals surface area contributed by atoms with Crippen molar-refractivity contribution < 1.29 is 4.43 Å². The van der Waals surface area contributed by atoms with Crippen LogP contribution in [-0.4, -0.2) is 33.3 Å². The van der Waals surface area contributed by atoms with Crippen molar-refractivity contribution in [1.82, 2.24) is 0 Å². The Morgan fingerprint density at radius 2 is 1.35 bits per heavy atom. The molecule has 0 saturated heterocycles. The summed E-state index contributed by atoms with van der Waals surface area (Å²) >= 11 is -2.41. The third-order valence-corrected chi connectivity index (χ3v) is 26.5. The van der Waals surface area contributed by atoms with Gasteiger partial charge >= 0.3 is 172 Å². The summed E-state index contributed by atoms with van der Waals surface area (Å²) < 4.78 is 12.9. The summed E-state index contributed by atoms with van der Waals surface area (Å²) in [6.07, 6.45) is 10.3. The number of hydrogen-bond donors (Lipinski definition) is 0. The number of rotatable bonds is 13. The minimum atomic E-state index is -2.41. The molecule has 0 aliphatic rings. The first-order valence-electron chi connectivity index (χ1n) is 11.1. The molecule has 0 aliphatic carbocycles. The standard InChI is InChI=1S/C11H21OSi.3C4H9.Sn/c1-7-8-9-10-12-13(5,6)11(2,3)4;3*1-3-4-2;/h7H,10H2,1-6H3;3*1,3-4H2,2H3;. The molecule has 0 amide bonds. The van der Waals surface area contributed by atoms with E-state index in [-0.39, 0.29) is 5.04 Å². The van der Waals surface area contributed by atoms with Gasteiger partial charge in [0.2, 0.25) is 0 Å². The third kappa shape index (κ3) is 8.67. The minimum absolute atomic E-state index is 0.280. The molecule has 0 aromatic rings. The van der Waals surface area contributed by atoms with Gasteiger partial charge in [0, 0.05) is 0 Å². The number of hydrogen-bond acceptors (Lipinski definition) is 1. The fourth-order valence-corrected chi connectivity index (χ4v) is 20.6. The van der Waals surface area contributed by atoms with E-state index in [1.165, 1.54) is 51.8 Å². The van der Waals surface area contributed by atoms with Gasteiger partial charge < -0.3 is 0 Å². The maximum absolute atomic E-state index is 6.73. The van der Waals surface area contributed by atoms with Crippen LogP contribution >= 0.6 is 0 Å². The van der Waals surface area contributed by atoms with E-state index < -0.39 is 26.7 Å². The van der Waals surface area contributed by atoms with Gasteiger partial charge in [0.05, 0.1) is 0 Å². The van der Waals surface area contributed by atoms with E-state index in [1.54, 1.807) is 3.59 Å². The van der Waals surface area contributed by atoms with Crippen LogP contribution in [0.25, 0.3) is 0 Å². The van der Waals surface area contributed by atoms with Crippen LogP contribution in [-0.2, 0) is 4.43 Å². The van der Waals surface area contributed by atoms with Crippen LogP contribution in [0.15, 0.2) is 15.4 Å². The van der Waals surface area contributed by atoms with Crippen molar-refractivity contribution >= 4 is 26.7 Å². The van der Waals surface area contributed by atoms with Crippen molar-refractivity contribution in [2.45, 2.75) is 118 Å². The first-order chi connectivity index (χ1) is 12.1. The molecule has 26 heavy (non-hydrogen) atoms. The Kier molecular flexibility index (Phi) is 13.1.